The van der Waals surface area contributed by atoms with Crippen molar-refractivity contribution in [1.82, 2.24) is 15.1 Å². The quantitative estimate of drug-likeness (QED) is 0.610. The summed E-state index contributed by atoms with van der Waals surface area (Å²) in [6.07, 6.45) is 2.71. The number of carbonyl (C=O) groups excluding carboxylic acids is 2. The summed E-state index contributed by atoms with van der Waals surface area (Å²) in [6.45, 7) is 8.02. The first-order chi connectivity index (χ1) is 16.4. The normalized spacial score (nSPS) is 19.7. The van der Waals surface area contributed by atoms with Crippen LogP contribution in [0.1, 0.15) is 48.7 Å². The first-order valence-corrected chi connectivity index (χ1v) is 13.0. The van der Waals surface area contributed by atoms with Crippen LogP contribution in [0.15, 0.2) is 35.7 Å². The summed E-state index contributed by atoms with van der Waals surface area (Å²) in [5.41, 5.74) is 2.21. The third-order valence-corrected chi connectivity index (χ3v) is 7.38. The van der Waals surface area contributed by atoms with Crippen molar-refractivity contribution >= 4 is 23.3 Å². The number of nitrogens with zero attached hydrogens (tertiary/aromatic N) is 2. The Hall–Kier alpha value is -2.58. The van der Waals surface area contributed by atoms with Crippen molar-refractivity contribution in [3.05, 3.63) is 51.7 Å². The van der Waals surface area contributed by atoms with Crippen LogP contribution in [0.2, 0.25) is 0 Å². The predicted octanol–water partition coefficient (Wildman–Crippen LogP) is 4.16. The van der Waals surface area contributed by atoms with Gasteiger partial charge in [-0.2, -0.15) is 0 Å². The number of ether oxygens (including phenoxy) is 2. The number of benzene rings is 1. The van der Waals surface area contributed by atoms with Gasteiger partial charge in [-0.05, 0) is 68.7 Å². The van der Waals surface area contributed by atoms with Crippen LogP contribution in [-0.4, -0.2) is 66.7 Å². The van der Waals surface area contributed by atoms with Gasteiger partial charge < -0.3 is 24.6 Å². The van der Waals surface area contributed by atoms with Crippen LogP contribution in [0.25, 0.3) is 0 Å². The summed E-state index contributed by atoms with van der Waals surface area (Å²) in [5.74, 6) is 0.765. The van der Waals surface area contributed by atoms with Gasteiger partial charge in [0.2, 0.25) is 5.91 Å². The molecule has 2 aliphatic rings. The summed E-state index contributed by atoms with van der Waals surface area (Å²) >= 11 is 1.73. The van der Waals surface area contributed by atoms with E-state index in [0.717, 1.165) is 36.1 Å². The van der Waals surface area contributed by atoms with E-state index in [1.54, 1.807) is 16.2 Å². The lowest BCUT2D eigenvalue weighted by Gasteiger charge is -2.37. The molecule has 4 rings (SSSR count). The maximum atomic E-state index is 13.6. The summed E-state index contributed by atoms with van der Waals surface area (Å²) in [7, 11) is 0. The van der Waals surface area contributed by atoms with Gasteiger partial charge >= 0.3 is 6.03 Å². The number of amides is 3. The zero-order valence-electron chi connectivity index (χ0n) is 20.3. The Kier molecular flexibility index (Phi) is 8.11. The van der Waals surface area contributed by atoms with Crippen LogP contribution in [0, 0.1) is 6.92 Å². The molecular formula is C26H35N3O4S. The van der Waals surface area contributed by atoms with Gasteiger partial charge in [0.15, 0.2) is 0 Å². The molecule has 0 radical (unpaired) electrons. The van der Waals surface area contributed by atoms with Gasteiger partial charge in [-0.15, -0.1) is 11.3 Å². The molecule has 0 bridgehead atoms. The molecule has 8 heteroatoms. The molecule has 1 aromatic carbocycles. The van der Waals surface area contributed by atoms with E-state index in [-0.39, 0.29) is 36.7 Å². The second kappa shape index (κ2) is 11.2. The Bertz CT molecular complexity index is 986. The van der Waals surface area contributed by atoms with Crippen molar-refractivity contribution in [2.75, 3.05) is 32.8 Å². The van der Waals surface area contributed by atoms with E-state index < -0.39 is 0 Å². The van der Waals surface area contributed by atoms with Gasteiger partial charge in [0.1, 0.15) is 18.9 Å². The standard InChI is InChI=1S/C26H35N3O4S/c1-18(2)27-26(31)28(15-20-8-6-13-32-20)16-25(30)29-12-10-24-21(11-14-34-24)22(29)17-33-23-9-5-4-7-19(23)3/h4-5,7,9,11,14,18,20,22H,6,8,10,12-13,15-17H2,1-3H3,(H,27,31). The largest absolute Gasteiger partial charge is 0.491 e. The number of rotatable bonds is 8. The summed E-state index contributed by atoms with van der Waals surface area (Å²) in [4.78, 5) is 31.3. The van der Waals surface area contributed by atoms with Gasteiger partial charge in [-0.1, -0.05) is 18.2 Å². The van der Waals surface area contributed by atoms with Gasteiger partial charge in [0.25, 0.3) is 0 Å². The average Bonchev–Trinajstić information content (AvgIpc) is 3.49. The van der Waals surface area contributed by atoms with E-state index in [1.165, 1.54) is 4.88 Å². The lowest BCUT2D eigenvalue weighted by atomic mass is 10.0. The highest BCUT2D eigenvalue weighted by atomic mass is 32.1. The van der Waals surface area contributed by atoms with Gasteiger partial charge in [0.05, 0.1) is 12.1 Å². The second-order valence-corrected chi connectivity index (χ2v) is 10.3. The highest BCUT2D eigenvalue weighted by Crippen LogP contribution is 2.34. The summed E-state index contributed by atoms with van der Waals surface area (Å²) in [5, 5.41) is 5.02. The Morgan fingerprint density at radius 1 is 1.29 bits per heavy atom. The third-order valence-electron chi connectivity index (χ3n) is 6.38. The van der Waals surface area contributed by atoms with Crippen LogP contribution in [-0.2, 0) is 16.0 Å². The first-order valence-electron chi connectivity index (χ1n) is 12.1. The topological polar surface area (TPSA) is 71.1 Å². The van der Waals surface area contributed by atoms with Crippen molar-refractivity contribution in [3.63, 3.8) is 0 Å². The summed E-state index contributed by atoms with van der Waals surface area (Å²) in [6, 6.07) is 9.61. The average molecular weight is 486 g/mol. The highest BCUT2D eigenvalue weighted by molar-refractivity contribution is 7.10. The Morgan fingerprint density at radius 3 is 2.85 bits per heavy atom. The van der Waals surface area contributed by atoms with E-state index in [1.807, 2.05) is 49.9 Å². The number of fused-ring (bicyclic) bond motifs is 1. The summed E-state index contributed by atoms with van der Waals surface area (Å²) < 4.78 is 11.9. The van der Waals surface area contributed by atoms with E-state index in [2.05, 4.69) is 16.8 Å². The molecule has 1 N–H and O–H groups in total. The van der Waals surface area contributed by atoms with Crippen LogP contribution in [0.4, 0.5) is 4.79 Å². The zero-order valence-corrected chi connectivity index (χ0v) is 21.1. The van der Waals surface area contributed by atoms with Crippen molar-refractivity contribution in [1.29, 1.82) is 0 Å². The third kappa shape index (κ3) is 5.91. The number of aryl methyl sites for hydroxylation is 1. The molecule has 1 fully saturated rings. The fraction of sp³-hybridized carbons (Fsp3) is 0.538. The highest BCUT2D eigenvalue weighted by Gasteiger charge is 2.34. The second-order valence-electron chi connectivity index (χ2n) is 9.35. The Balaban J connectivity index is 1.50. The fourth-order valence-corrected chi connectivity index (χ4v) is 5.54. The number of hydrogen-bond acceptors (Lipinski definition) is 5. The van der Waals surface area contributed by atoms with Crippen LogP contribution < -0.4 is 10.1 Å². The lowest BCUT2D eigenvalue weighted by molar-refractivity contribution is -0.135. The number of carbonyl (C=O) groups is 2. The molecule has 184 valence electrons. The molecule has 1 aromatic heterocycles. The molecular weight excluding hydrogens is 450 g/mol. The molecule has 1 saturated heterocycles. The van der Waals surface area contributed by atoms with E-state index in [0.29, 0.717) is 26.3 Å². The molecule has 0 spiro atoms. The SMILES string of the molecule is Cc1ccccc1OCC1c2ccsc2CCN1C(=O)CN(CC1CCCO1)C(=O)NC(C)C. The van der Waals surface area contributed by atoms with Crippen LogP contribution in [0.3, 0.4) is 0 Å². The van der Waals surface area contributed by atoms with E-state index in [4.69, 9.17) is 9.47 Å². The molecule has 2 aromatic rings. The predicted molar refractivity (Wildman–Crippen MR) is 133 cm³/mol. The van der Waals surface area contributed by atoms with Crippen LogP contribution >= 0.6 is 11.3 Å². The number of urea groups is 1. The number of hydrogen-bond donors (Lipinski definition) is 1. The molecule has 0 saturated carbocycles. The maximum Gasteiger partial charge on any atom is 0.318 e. The van der Waals surface area contributed by atoms with E-state index in [9.17, 15) is 9.59 Å². The number of thiophene rings is 1. The number of para-hydroxylation sites is 1. The van der Waals surface area contributed by atoms with Gasteiger partial charge in [0, 0.05) is 30.6 Å². The number of nitrogens with one attached hydrogen (secondary N) is 1. The maximum absolute atomic E-state index is 13.6. The van der Waals surface area contributed by atoms with E-state index >= 15 is 0 Å². The van der Waals surface area contributed by atoms with Crippen molar-refractivity contribution in [3.8, 4) is 5.75 Å². The van der Waals surface area contributed by atoms with Crippen LogP contribution in [0.5, 0.6) is 5.75 Å². The first kappa shape index (κ1) is 24.5. The Morgan fingerprint density at radius 2 is 2.12 bits per heavy atom. The minimum absolute atomic E-state index is 0.00629. The zero-order chi connectivity index (χ0) is 24.1. The fourth-order valence-electron chi connectivity index (χ4n) is 4.61. The molecule has 2 atom stereocenters. The van der Waals surface area contributed by atoms with Gasteiger partial charge in [-0.3, -0.25) is 4.79 Å². The molecule has 2 unspecified atom stereocenters. The van der Waals surface area contributed by atoms with Gasteiger partial charge in [-0.25, -0.2) is 4.79 Å². The minimum Gasteiger partial charge on any atom is -0.491 e. The minimum atomic E-state index is -0.222. The van der Waals surface area contributed by atoms with Crippen molar-refractivity contribution < 1.29 is 19.1 Å². The molecule has 3 heterocycles. The molecule has 7 nitrogen and oxygen atoms in total. The van der Waals surface area contributed by atoms with Crippen molar-refractivity contribution in [2.24, 2.45) is 0 Å². The molecule has 34 heavy (non-hydrogen) atoms. The molecule has 0 aliphatic carbocycles. The molecule has 2 aliphatic heterocycles. The smallest absolute Gasteiger partial charge is 0.318 e. The lowest BCUT2D eigenvalue weighted by Crippen LogP contribution is -2.52. The Labute approximate surface area is 206 Å². The molecule has 3 amide bonds. The van der Waals surface area contributed by atoms with Crippen molar-refractivity contribution in [2.45, 2.75) is 58.2 Å². The monoisotopic (exact) mass is 485 g/mol.